The van der Waals surface area contributed by atoms with E-state index in [1.807, 2.05) is 20.8 Å². The van der Waals surface area contributed by atoms with Crippen LogP contribution in [0.2, 0.25) is 0 Å². The Kier molecular flexibility index (Phi) is 21.0. The molecule has 7 amide bonds. The second-order valence-corrected chi connectivity index (χ2v) is 15.5. The molecule has 0 aromatic rings. The number of imide groups is 1. The van der Waals surface area contributed by atoms with Gasteiger partial charge in [-0.3, -0.25) is 38.5 Å². The van der Waals surface area contributed by atoms with Crippen LogP contribution in [-0.2, 0) is 38.4 Å². The smallest absolute Gasteiger partial charge is 0.242 e. The average Bonchev–Trinajstić information content (AvgIpc) is 3.31. The van der Waals surface area contributed by atoms with Gasteiger partial charge >= 0.3 is 0 Å². The zero-order chi connectivity index (χ0) is 37.9. The Morgan fingerprint density at radius 2 is 1.40 bits per heavy atom. The molecule has 4 unspecified atom stereocenters. The summed E-state index contributed by atoms with van der Waals surface area (Å²) in [5, 5.41) is 12.8. The van der Waals surface area contributed by atoms with Gasteiger partial charge in [-0.1, -0.05) is 13.3 Å². The quantitative estimate of drug-likeness (QED) is 0.0394. The van der Waals surface area contributed by atoms with Crippen LogP contribution in [0.25, 0.3) is 0 Å². The highest BCUT2D eigenvalue weighted by Gasteiger charge is 2.38. The number of hydrogen-bond acceptors (Lipinski definition) is 10. The number of nitrogens with zero attached hydrogens (tertiary/aromatic N) is 1. The van der Waals surface area contributed by atoms with Crippen LogP contribution in [-0.4, -0.2) is 113 Å². The van der Waals surface area contributed by atoms with E-state index in [1.54, 1.807) is 0 Å². The van der Waals surface area contributed by atoms with E-state index in [-0.39, 0.29) is 66.6 Å². The fourth-order valence-electron chi connectivity index (χ4n) is 4.62. The van der Waals surface area contributed by atoms with E-state index in [0.29, 0.717) is 30.9 Å². The van der Waals surface area contributed by atoms with Gasteiger partial charge in [0.1, 0.15) is 18.1 Å². The monoisotopic (exact) mass is 738 g/mol. The Bertz CT molecular complexity index is 1210. The summed E-state index contributed by atoms with van der Waals surface area (Å²) in [6.45, 7) is 10.5. The van der Waals surface area contributed by atoms with Crippen LogP contribution in [0.5, 0.6) is 0 Å². The van der Waals surface area contributed by atoms with E-state index >= 15 is 0 Å². The second-order valence-electron chi connectivity index (χ2n) is 13.1. The molecule has 1 aliphatic heterocycles. The van der Waals surface area contributed by atoms with Gasteiger partial charge in [-0.2, -0.15) is 0 Å². The highest BCUT2D eigenvalue weighted by molar-refractivity contribution is 8.00. The van der Waals surface area contributed by atoms with E-state index < -0.39 is 35.2 Å². The third-order valence-corrected chi connectivity index (χ3v) is 10.3. The number of nitrogens with one attached hydrogen (secondary N) is 5. The molecule has 0 aromatic heterocycles. The summed E-state index contributed by atoms with van der Waals surface area (Å²) in [6, 6.07) is -2.71. The van der Waals surface area contributed by atoms with Gasteiger partial charge in [0, 0.05) is 31.3 Å². The van der Waals surface area contributed by atoms with E-state index in [2.05, 4.69) is 26.6 Å². The molecule has 1 aliphatic rings. The molecule has 5 N–H and O–H groups in total. The molecule has 0 saturated carbocycles. The summed E-state index contributed by atoms with van der Waals surface area (Å²) in [5.74, 6) is -0.900. The average molecular weight is 739 g/mol. The van der Waals surface area contributed by atoms with Crippen molar-refractivity contribution in [2.24, 2.45) is 0 Å². The lowest BCUT2D eigenvalue weighted by Crippen LogP contribution is -2.54. The molecule has 0 spiro atoms. The number of amides is 7. The number of rotatable bonds is 25. The molecule has 1 heterocycles. The first-order valence-corrected chi connectivity index (χ1v) is 19.5. The number of unbranched alkanes of at least 4 members (excludes halogenated alkanes) is 2. The number of hydrogen-bond donors (Lipinski definition) is 5. The minimum atomic E-state index is -0.958. The predicted octanol–water partition coefficient (Wildman–Crippen LogP) is 1.29. The number of thioether (sulfide) groups is 2. The van der Waals surface area contributed by atoms with Gasteiger partial charge < -0.3 is 31.4 Å². The number of carbonyl (C=O) groups is 8. The Labute approximate surface area is 306 Å². The largest absolute Gasteiger partial charge is 0.351 e. The van der Waals surface area contributed by atoms with Gasteiger partial charge in [0.05, 0.1) is 16.8 Å². The molecule has 50 heavy (non-hydrogen) atoms. The molecule has 0 aliphatic carbocycles. The van der Waals surface area contributed by atoms with E-state index in [0.717, 1.165) is 31.4 Å². The van der Waals surface area contributed by atoms with Crippen molar-refractivity contribution < 1.29 is 38.4 Å². The van der Waals surface area contributed by atoms with Crippen molar-refractivity contribution in [3.8, 4) is 0 Å². The molecule has 0 aromatic carbocycles. The van der Waals surface area contributed by atoms with Gasteiger partial charge in [0.25, 0.3) is 0 Å². The molecular formula is C33H55BN6O8S2. The molecule has 1 fully saturated rings. The third kappa shape index (κ3) is 18.2. The van der Waals surface area contributed by atoms with Gasteiger partial charge in [-0.25, -0.2) is 0 Å². The fourth-order valence-corrected chi connectivity index (χ4v) is 6.54. The molecule has 4 atom stereocenters. The molecule has 17 heteroatoms. The summed E-state index contributed by atoms with van der Waals surface area (Å²) in [7, 11) is 5.11. The van der Waals surface area contributed by atoms with Gasteiger partial charge in [-0.05, 0) is 84.6 Å². The SMILES string of the molecule is [B]C(=O)CCCCCSCNC(=O)C(C)NC(=O)C(C)NC(=O)C(C)NC(=O)CCCSC1CC(=O)N(CCCC(=O)NC(C)(C)CC)C1=O. The summed E-state index contributed by atoms with van der Waals surface area (Å²) in [6.07, 6.45) is 4.86. The van der Waals surface area contributed by atoms with Crippen molar-refractivity contribution in [1.29, 1.82) is 0 Å². The second kappa shape index (κ2) is 23.4. The van der Waals surface area contributed by atoms with Crippen molar-refractivity contribution in [3.63, 3.8) is 0 Å². The maximum atomic E-state index is 12.7. The van der Waals surface area contributed by atoms with Gasteiger partial charge in [0.15, 0.2) is 7.85 Å². The Hall–Kier alpha value is -3.08. The fraction of sp³-hybridized carbons (Fsp3) is 0.758. The minimum absolute atomic E-state index is 0.0814. The number of likely N-dealkylation sites (tertiary alicyclic amines) is 1. The topological polar surface area (TPSA) is 200 Å². The molecule has 1 rings (SSSR count). The third-order valence-electron chi connectivity index (χ3n) is 8.05. The van der Waals surface area contributed by atoms with Crippen LogP contribution in [0.3, 0.4) is 0 Å². The molecular weight excluding hydrogens is 683 g/mol. The Balaban J connectivity index is 2.28. The summed E-state index contributed by atoms with van der Waals surface area (Å²) < 4.78 is 0. The van der Waals surface area contributed by atoms with E-state index in [9.17, 15) is 38.4 Å². The normalized spacial score (nSPS) is 16.3. The lowest BCUT2D eigenvalue weighted by Gasteiger charge is -2.24. The predicted molar refractivity (Wildman–Crippen MR) is 196 cm³/mol. The van der Waals surface area contributed by atoms with Crippen LogP contribution in [0.15, 0.2) is 0 Å². The van der Waals surface area contributed by atoms with Crippen LogP contribution in [0.1, 0.15) is 106 Å². The highest BCUT2D eigenvalue weighted by atomic mass is 32.2. The van der Waals surface area contributed by atoms with E-state index in [4.69, 9.17) is 7.85 Å². The highest BCUT2D eigenvalue weighted by Crippen LogP contribution is 2.26. The zero-order valence-corrected chi connectivity index (χ0v) is 31.9. The Morgan fingerprint density at radius 1 is 0.800 bits per heavy atom. The minimum Gasteiger partial charge on any atom is -0.351 e. The summed E-state index contributed by atoms with van der Waals surface area (Å²) >= 11 is 2.83. The standard InChI is InChI=1S/C33H55BN6O8S2/c1-7-33(5,6)39-27(43)14-11-16-40-28(44)19-24(32(40)48)50-18-12-15-26(42)36-22(3)30(46)38-23(4)31(47)37-21(2)29(45)35-20-49-17-10-8-9-13-25(34)41/h21-24H,7-20H2,1-6H3,(H,35,45)(H,36,42)(H,37,47)(H,38,46)(H,39,43). The Morgan fingerprint density at radius 3 is 2.02 bits per heavy atom. The zero-order valence-electron chi connectivity index (χ0n) is 30.3. The van der Waals surface area contributed by atoms with E-state index in [1.165, 1.54) is 49.2 Å². The first-order chi connectivity index (χ1) is 23.5. The first kappa shape index (κ1) is 44.9. The van der Waals surface area contributed by atoms with Crippen LogP contribution < -0.4 is 26.6 Å². The maximum absolute atomic E-state index is 12.7. The summed E-state index contributed by atoms with van der Waals surface area (Å²) in [4.78, 5) is 99.2. The van der Waals surface area contributed by atoms with Crippen molar-refractivity contribution in [2.75, 3.05) is 23.9 Å². The lowest BCUT2D eigenvalue weighted by molar-refractivity contribution is -0.139. The molecule has 280 valence electrons. The van der Waals surface area contributed by atoms with Gasteiger partial charge in [-0.15, -0.1) is 23.5 Å². The molecule has 2 radical (unpaired) electrons. The lowest BCUT2D eigenvalue weighted by atomic mass is 9.97. The first-order valence-electron chi connectivity index (χ1n) is 17.3. The number of carbonyl (C=O) groups excluding carboxylic acids is 8. The van der Waals surface area contributed by atoms with Crippen molar-refractivity contribution >= 4 is 78.4 Å². The van der Waals surface area contributed by atoms with Gasteiger partial charge in [0.2, 0.25) is 41.4 Å². The van der Waals surface area contributed by atoms with Crippen LogP contribution in [0, 0.1) is 0 Å². The molecule has 14 nitrogen and oxygen atoms in total. The van der Waals surface area contributed by atoms with Crippen LogP contribution in [0.4, 0.5) is 0 Å². The van der Waals surface area contributed by atoms with Crippen molar-refractivity contribution in [2.45, 2.75) is 135 Å². The maximum Gasteiger partial charge on any atom is 0.242 e. The molecule has 1 saturated heterocycles. The van der Waals surface area contributed by atoms with Crippen molar-refractivity contribution in [3.05, 3.63) is 0 Å². The van der Waals surface area contributed by atoms with Crippen LogP contribution >= 0.6 is 23.5 Å². The van der Waals surface area contributed by atoms with Crippen molar-refractivity contribution in [1.82, 2.24) is 31.5 Å². The summed E-state index contributed by atoms with van der Waals surface area (Å²) in [5.41, 5.74) is -0.625. The molecule has 0 bridgehead atoms.